The molecule has 0 saturated carbocycles. The van der Waals surface area contributed by atoms with Crippen LogP contribution in [0.5, 0.6) is 5.75 Å². The molecule has 1 aliphatic heterocycles. The lowest BCUT2D eigenvalue weighted by Crippen LogP contribution is -2.33. The number of carbonyl (C=O) groups excluding carboxylic acids is 2. The molecule has 0 spiro atoms. The predicted molar refractivity (Wildman–Crippen MR) is 115 cm³/mol. The van der Waals surface area contributed by atoms with Gasteiger partial charge in [-0.05, 0) is 30.2 Å². The number of nitrogens with zero attached hydrogens (tertiary/aromatic N) is 1. The molecule has 0 fully saturated rings. The van der Waals surface area contributed by atoms with E-state index in [-0.39, 0.29) is 17.1 Å². The second kappa shape index (κ2) is 8.84. The van der Waals surface area contributed by atoms with E-state index in [0.29, 0.717) is 39.8 Å². The van der Waals surface area contributed by atoms with Crippen LogP contribution >= 0.6 is 23.4 Å². The van der Waals surface area contributed by atoms with Crippen molar-refractivity contribution in [2.45, 2.75) is 25.5 Å². The van der Waals surface area contributed by atoms with Crippen molar-refractivity contribution in [1.82, 2.24) is 4.90 Å². The van der Waals surface area contributed by atoms with Gasteiger partial charge in [0.25, 0.3) is 11.8 Å². The number of hydrogen-bond donors (Lipinski definition) is 0. The van der Waals surface area contributed by atoms with Crippen LogP contribution in [0.3, 0.4) is 0 Å². The molecule has 6 heteroatoms. The molecule has 2 aromatic carbocycles. The summed E-state index contributed by atoms with van der Waals surface area (Å²) < 4.78 is 5.43. The number of thioether (sulfide) groups is 1. The fraction of sp³-hybridized carbons (Fsp3) is 0.273. The van der Waals surface area contributed by atoms with Gasteiger partial charge in [-0.25, -0.2) is 0 Å². The van der Waals surface area contributed by atoms with E-state index >= 15 is 0 Å². The summed E-state index contributed by atoms with van der Waals surface area (Å²) in [7, 11) is 1.56. The summed E-state index contributed by atoms with van der Waals surface area (Å²) in [6.07, 6.45) is 0.577. The highest BCUT2D eigenvalue weighted by molar-refractivity contribution is 8.04. The fourth-order valence-corrected chi connectivity index (χ4v) is 4.21. The van der Waals surface area contributed by atoms with Crippen molar-refractivity contribution in [3.8, 4) is 5.75 Å². The van der Waals surface area contributed by atoms with Gasteiger partial charge < -0.3 is 4.74 Å². The second-order valence-corrected chi connectivity index (χ2v) is 8.73. The van der Waals surface area contributed by atoms with Gasteiger partial charge >= 0.3 is 0 Å². The average Bonchev–Trinajstić information content (AvgIpc) is 2.90. The van der Waals surface area contributed by atoms with Crippen LogP contribution in [0.1, 0.15) is 25.0 Å². The molecule has 1 aliphatic rings. The summed E-state index contributed by atoms with van der Waals surface area (Å²) in [5, 5.41) is 0.834. The molecule has 0 aromatic heterocycles. The van der Waals surface area contributed by atoms with Crippen molar-refractivity contribution in [1.29, 1.82) is 0 Å². The first kappa shape index (κ1) is 20.5. The minimum Gasteiger partial charge on any atom is -0.496 e. The summed E-state index contributed by atoms with van der Waals surface area (Å²) in [5.74, 6) is 0.0743. The summed E-state index contributed by atoms with van der Waals surface area (Å²) in [6, 6.07) is 14.7. The molecule has 28 heavy (non-hydrogen) atoms. The number of para-hydroxylation sites is 1. The normalized spacial score (nSPS) is 14.4. The van der Waals surface area contributed by atoms with Gasteiger partial charge in [0.15, 0.2) is 0 Å². The largest absolute Gasteiger partial charge is 0.496 e. The number of amides is 2. The number of rotatable bonds is 7. The Labute approximate surface area is 174 Å². The number of imide groups is 1. The molecule has 2 aromatic rings. The van der Waals surface area contributed by atoms with Crippen LogP contribution in [0.2, 0.25) is 5.02 Å². The second-order valence-electron chi connectivity index (χ2n) is 6.71. The van der Waals surface area contributed by atoms with Crippen LogP contribution in [0.25, 0.3) is 5.57 Å². The van der Waals surface area contributed by atoms with Gasteiger partial charge in [0.1, 0.15) is 5.75 Å². The van der Waals surface area contributed by atoms with E-state index in [1.165, 1.54) is 16.7 Å². The van der Waals surface area contributed by atoms with Gasteiger partial charge in [0, 0.05) is 22.4 Å². The Bertz CT molecular complexity index is 922. The maximum atomic E-state index is 13.2. The zero-order valence-corrected chi connectivity index (χ0v) is 17.6. The fourth-order valence-electron chi connectivity index (χ4n) is 3.08. The van der Waals surface area contributed by atoms with E-state index in [1.54, 1.807) is 13.2 Å². The third kappa shape index (κ3) is 4.26. The van der Waals surface area contributed by atoms with Gasteiger partial charge in [0.2, 0.25) is 0 Å². The van der Waals surface area contributed by atoms with Crippen molar-refractivity contribution in [2.24, 2.45) is 0 Å². The van der Waals surface area contributed by atoms with E-state index in [2.05, 4.69) is 0 Å². The zero-order valence-electron chi connectivity index (χ0n) is 16.1. The van der Waals surface area contributed by atoms with Gasteiger partial charge in [-0.3, -0.25) is 14.5 Å². The van der Waals surface area contributed by atoms with Crippen molar-refractivity contribution in [3.05, 3.63) is 69.6 Å². The number of carbonyl (C=O) groups is 2. The number of ether oxygens (including phenoxy) is 1. The van der Waals surface area contributed by atoms with Crippen LogP contribution in [0.4, 0.5) is 0 Å². The lowest BCUT2D eigenvalue weighted by atomic mass is 10.0. The molecule has 2 amide bonds. The van der Waals surface area contributed by atoms with E-state index < -0.39 is 0 Å². The maximum Gasteiger partial charge on any atom is 0.268 e. The smallest absolute Gasteiger partial charge is 0.268 e. The first-order chi connectivity index (χ1) is 13.4. The van der Waals surface area contributed by atoms with Crippen LogP contribution in [-0.4, -0.2) is 35.6 Å². The highest BCUT2D eigenvalue weighted by Gasteiger charge is 2.40. The monoisotopic (exact) mass is 415 g/mol. The standard InChI is InChI=1S/C22H22ClNO3S/c1-14(2)28-20-19(17-6-4-5-7-18(17)27-3)21(25)24(22(20)26)13-12-15-8-10-16(23)11-9-15/h4-11,14H,12-13H2,1-3H3. The number of hydrogen-bond acceptors (Lipinski definition) is 4. The highest BCUT2D eigenvalue weighted by atomic mass is 35.5. The molecule has 0 radical (unpaired) electrons. The first-order valence-corrected chi connectivity index (χ1v) is 10.3. The van der Waals surface area contributed by atoms with Crippen molar-refractivity contribution < 1.29 is 14.3 Å². The van der Waals surface area contributed by atoms with Crippen LogP contribution in [0.15, 0.2) is 53.4 Å². The van der Waals surface area contributed by atoms with E-state index in [9.17, 15) is 9.59 Å². The predicted octanol–water partition coefficient (Wildman–Crippen LogP) is 4.81. The molecule has 4 nitrogen and oxygen atoms in total. The topological polar surface area (TPSA) is 46.6 Å². The van der Waals surface area contributed by atoms with Crippen LogP contribution in [-0.2, 0) is 16.0 Å². The molecule has 3 rings (SSSR count). The molecule has 1 heterocycles. The summed E-state index contributed by atoms with van der Waals surface area (Å²) in [6.45, 7) is 4.33. The lowest BCUT2D eigenvalue weighted by Gasteiger charge is -2.15. The Balaban J connectivity index is 1.92. The van der Waals surface area contributed by atoms with E-state index in [1.807, 2.05) is 56.3 Å². The maximum absolute atomic E-state index is 13.2. The molecule has 0 unspecified atom stereocenters. The molecule has 0 aliphatic carbocycles. The third-order valence-electron chi connectivity index (χ3n) is 4.39. The SMILES string of the molecule is COc1ccccc1C1=C(SC(C)C)C(=O)N(CCc2ccc(Cl)cc2)C1=O. The first-order valence-electron chi connectivity index (χ1n) is 9.07. The van der Waals surface area contributed by atoms with Gasteiger partial charge in [-0.15, -0.1) is 11.8 Å². The van der Waals surface area contributed by atoms with Gasteiger partial charge in [-0.1, -0.05) is 55.8 Å². The zero-order chi connectivity index (χ0) is 20.3. The van der Waals surface area contributed by atoms with Gasteiger partial charge in [0.05, 0.1) is 17.6 Å². The average molecular weight is 416 g/mol. The number of methoxy groups -OCH3 is 1. The van der Waals surface area contributed by atoms with E-state index in [0.717, 1.165) is 5.56 Å². The Morgan fingerprint density at radius 1 is 1.04 bits per heavy atom. The quantitative estimate of drug-likeness (QED) is 0.608. The summed E-state index contributed by atoms with van der Waals surface area (Å²) in [5.41, 5.74) is 2.10. The Hall–Kier alpha value is -2.24. The lowest BCUT2D eigenvalue weighted by molar-refractivity contribution is -0.136. The Morgan fingerprint density at radius 3 is 2.36 bits per heavy atom. The minimum atomic E-state index is -0.272. The summed E-state index contributed by atoms with van der Waals surface area (Å²) >= 11 is 7.35. The summed E-state index contributed by atoms with van der Waals surface area (Å²) in [4.78, 5) is 28.1. The van der Waals surface area contributed by atoms with Crippen molar-refractivity contribution >= 4 is 40.8 Å². The Kier molecular flexibility index (Phi) is 6.47. The van der Waals surface area contributed by atoms with Crippen LogP contribution in [0, 0.1) is 0 Å². The van der Waals surface area contributed by atoms with Gasteiger partial charge in [-0.2, -0.15) is 0 Å². The molecule has 0 saturated heterocycles. The molecular formula is C22H22ClNO3S. The molecule has 0 bridgehead atoms. The van der Waals surface area contributed by atoms with Crippen LogP contribution < -0.4 is 4.74 Å². The Morgan fingerprint density at radius 2 is 1.71 bits per heavy atom. The third-order valence-corrected chi connectivity index (χ3v) is 5.73. The number of benzene rings is 2. The molecular weight excluding hydrogens is 394 g/mol. The molecule has 0 N–H and O–H groups in total. The number of halogens is 1. The highest BCUT2D eigenvalue weighted by Crippen LogP contribution is 2.40. The molecule has 146 valence electrons. The van der Waals surface area contributed by atoms with Crippen molar-refractivity contribution in [2.75, 3.05) is 13.7 Å². The molecule has 0 atom stereocenters. The van der Waals surface area contributed by atoms with Crippen molar-refractivity contribution in [3.63, 3.8) is 0 Å². The minimum absolute atomic E-state index is 0.174. The van der Waals surface area contributed by atoms with E-state index in [4.69, 9.17) is 16.3 Å².